The predicted octanol–water partition coefficient (Wildman–Crippen LogP) is 5.50. The molecule has 3 heterocycles. The monoisotopic (exact) mass is 528 g/mol. The number of aromatic nitrogens is 2. The van der Waals surface area contributed by atoms with E-state index in [4.69, 9.17) is 4.52 Å². The van der Waals surface area contributed by atoms with Crippen LogP contribution >= 0.6 is 11.3 Å². The molecule has 2 amide bonds. The van der Waals surface area contributed by atoms with Crippen LogP contribution in [-0.2, 0) is 16.1 Å². The molecular formula is C28H40N4O4S. The molecular weight excluding hydrogens is 488 g/mol. The van der Waals surface area contributed by atoms with Gasteiger partial charge in [0.1, 0.15) is 12.0 Å². The zero-order valence-electron chi connectivity index (χ0n) is 23.0. The van der Waals surface area contributed by atoms with Crippen molar-refractivity contribution in [3.8, 4) is 10.4 Å². The van der Waals surface area contributed by atoms with Crippen molar-refractivity contribution in [2.75, 3.05) is 6.54 Å². The Morgan fingerprint density at radius 3 is 2.41 bits per heavy atom. The molecule has 0 spiro atoms. The summed E-state index contributed by atoms with van der Waals surface area (Å²) in [4.78, 5) is 44.9. The molecule has 0 bridgehead atoms. The molecule has 2 N–H and O–H groups in total. The van der Waals surface area contributed by atoms with E-state index in [0.29, 0.717) is 25.3 Å². The predicted molar refractivity (Wildman–Crippen MR) is 148 cm³/mol. The largest absolute Gasteiger partial charge is 0.383 e. The van der Waals surface area contributed by atoms with E-state index in [1.165, 1.54) is 6.07 Å². The van der Waals surface area contributed by atoms with Crippen molar-refractivity contribution < 1.29 is 14.1 Å². The van der Waals surface area contributed by atoms with Crippen LogP contribution in [0, 0.1) is 12.8 Å². The zero-order chi connectivity index (χ0) is 27.5. The lowest BCUT2D eigenvalue weighted by molar-refractivity contribution is -0.140. The van der Waals surface area contributed by atoms with Crippen molar-refractivity contribution in [3.05, 3.63) is 63.2 Å². The molecule has 3 aromatic rings. The highest BCUT2D eigenvalue weighted by molar-refractivity contribution is 7.13. The second-order valence-electron chi connectivity index (χ2n) is 8.71. The molecule has 0 saturated carbocycles. The topological polar surface area (TPSA) is 108 Å². The van der Waals surface area contributed by atoms with Gasteiger partial charge in [-0.3, -0.25) is 14.4 Å². The number of amides is 2. The molecule has 1 aromatic carbocycles. The number of H-pyrrole nitrogens is 1. The second-order valence-corrected chi connectivity index (χ2v) is 9.56. The number of nitrogens with zero attached hydrogens (tertiary/aromatic N) is 2. The van der Waals surface area contributed by atoms with Gasteiger partial charge in [-0.15, -0.1) is 11.3 Å². The minimum absolute atomic E-state index is 0.0820. The Morgan fingerprint density at radius 1 is 1.19 bits per heavy atom. The summed E-state index contributed by atoms with van der Waals surface area (Å²) in [5, 5.41) is 5.24. The van der Waals surface area contributed by atoms with Crippen molar-refractivity contribution in [1.29, 1.82) is 0 Å². The summed E-state index contributed by atoms with van der Waals surface area (Å²) in [7, 11) is 0. The van der Waals surface area contributed by atoms with Gasteiger partial charge in [-0.25, -0.2) is 4.98 Å². The average Bonchev–Trinajstić information content (AvgIpc) is 3.67. The fraction of sp³-hybridized carbons (Fsp3) is 0.500. The van der Waals surface area contributed by atoms with E-state index < -0.39 is 12.0 Å². The SMILES string of the molecule is CC.CC.Cc1ncsc1-c1ccc(CNC(=O)C2CCCN2C(=O)C(c2cc(=O)[nH]o2)C(C)C)cc1. The van der Waals surface area contributed by atoms with Crippen LogP contribution in [0.15, 0.2) is 45.2 Å². The molecule has 1 aliphatic heterocycles. The van der Waals surface area contributed by atoms with Gasteiger partial charge in [0.15, 0.2) is 5.76 Å². The first kappa shape index (κ1) is 30.0. The number of aromatic amines is 1. The minimum Gasteiger partial charge on any atom is -0.383 e. The van der Waals surface area contributed by atoms with Crippen molar-refractivity contribution in [3.63, 3.8) is 0 Å². The third-order valence-electron chi connectivity index (χ3n) is 6.05. The number of likely N-dealkylation sites (tertiary alicyclic amines) is 1. The first-order chi connectivity index (χ1) is 17.8. The van der Waals surface area contributed by atoms with E-state index in [2.05, 4.69) is 15.5 Å². The molecule has 2 aromatic heterocycles. The Labute approximate surface area is 223 Å². The highest BCUT2D eigenvalue weighted by Gasteiger charge is 2.39. The van der Waals surface area contributed by atoms with E-state index in [1.807, 2.05) is 78.2 Å². The number of carbonyl (C=O) groups excluding carboxylic acids is 2. The van der Waals surface area contributed by atoms with Gasteiger partial charge in [0.05, 0.1) is 16.1 Å². The molecule has 1 fully saturated rings. The summed E-state index contributed by atoms with van der Waals surface area (Å²) in [5.41, 5.74) is 4.55. The van der Waals surface area contributed by atoms with Crippen molar-refractivity contribution in [2.45, 2.75) is 79.8 Å². The molecule has 202 valence electrons. The number of rotatable bonds is 7. The first-order valence-corrected chi connectivity index (χ1v) is 14.0. The van der Waals surface area contributed by atoms with Gasteiger partial charge in [0.25, 0.3) is 5.56 Å². The number of hydrogen-bond acceptors (Lipinski definition) is 6. The maximum atomic E-state index is 13.3. The Bertz CT molecular complexity index is 1180. The molecule has 37 heavy (non-hydrogen) atoms. The minimum atomic E-state index is -0.611. The van der Waals surface area contributed by atoms with Crippen LogP contribution in [0.3, 0.4) is 0 Å². The van der Waals surface area contributed by atoms with Gasteiger partial charge in [-0.05, 0) is 36.8 Å². The van der Waals surface area contributed by atoms with E-state index in [1.54, 1.807) is 16.2 Å². The van der Waals surface area contributed by atoms with Gasteiger partial charge in [0, 0.05) is 19.2 Å². The summed E-state index contributed by atoms with van der Waals surface area (Å²) < 4.78 is 5.22. The Balaban J connectivity index is 0.00000115. The number of nitrogens with one attached hydrogen (secondary N) is 2. The van der Waals surface area contributed by atoms with Gasteiger partial charge in [-0.1, -0.05) is 65.8 Å². The Kier molecular flexibility index (Phi) is 11.8. The number of carbonyl (C=O) groups is 2. The van der Waals surface area contributed by atoms with Gasteiger partial charge < -0.3 is 14.7 Å². The molecule has 1 saturated heterocycles. The van der Waals surface area contributed by atoms with E-state index in [0.717, 1.165) is 28.1 Å². The van der Waals surface area contributed by atoms with Crippen LogP contribution in [0.25, 0.3) is 10.4 Å². The summed E-state index contributed by atoms with van der Waals surface area (Å²) in [5.74, 6) is -0.736. The van der Waals surface area contributed by atoms with E-state index in [-0.39, 0.29) is 23.3 Å². The van der Waals surface area contributed by atoms with E-state index in [9.17, 15) is 14.4 Å². The van der Waals surface area contributed by atoms with Gasteiger partial charge in [-0.2, -0.15) is 5.16 Å². The standard InChI is InChI=1S/C24H28N4O4S.2C2H6/c1-14(2)21(19-11-20(29)27-32-19)24(31)28-10-4-5-18(28)23(30)25-12-16-6-8-17(9-7-16)22-15(3)26-13-33-22;2*1-2/h6-9,11,13-14,18,21H,4-5,10,12H2,1-3H3,(H,25,30)(H,27,29);2*1-2H3. The highest BCUT2D eigenvalue weighted by atomic mass is 32.1. The lowest BCUT2D eigenvalue weighted by Crippen LogP contribution is -2.47. The molecule has 8 nitrogen and oxygen atoms in total. The highest BCUT2D eigenvalue weighted by Crippen LogP contribution is 2.30. The second kappa shape index (κ2) is 14.5. The third-order valence-corrected chi connectivity index (χ3v) is 7.03. The number of aryl methyl sites for hydroxylation is 1. The zero-order valence-corrected chi connectivity index (χ0v) is 23.8. The van der Waals surface area contributed by atoms with Crippen molar-refractivity contribution >= 4 is 23.2 Å². The average molecular weight is 529 g/mol. The van der Waals surface area contributed by atoms with Gasteiger partial charge in [0.2, 0.25) is 11.8 Å². The quantitative estimate of drug-likeness (QED) is 0.421. The van der Waals surface area contributed by atoms with Crippen LogP contribution in [0.1, 0.15) is 77.3 Å². The van der Waals surface area contributed by atoms with Crippen molar-refractivity contribution in [1.82, 2.24) is 20.4 Å². The molecule has 9 heteroatoms. The Morgan fingerprint density at radius 2 is 1.86 bits per heavy atom. The van der Waals surface area contributed by atoms with Crippen LogP contribution in [0.5, 0.6) is 0 Å². The normalized spacial score (nSPS) is 15.4. The maximum absolute atomic E-state index is 13.3. The van der Waals surface area contributed by atoms with Gasteiger partial charge >= 0.3 is 0 Å². The van der Waals surface area contributed by atoms with E-state index >= 15 is 0 Å². The van der Waals surface area contributed by atoms with Crippen LogP contribution in [0.4, 0.5) is 0 Å². The summed E-state index contributed by atoms with van der Waals surface area (Å²) in [6.07, 6.45) is 1.37. The fourth-order valence-corrected chi connectivity index (χ4v) is 5.14. The first-order valence-electron chi connectivity index (χ1n) is 13.1. The molecule has 0 radical (unpaired) electrons. The summed E-state index contributed by atoms with van der Waals surface area (Å²) in [6, 6.07) is 8.84. The van der Waals surface area contributed by atoms with Crippen LogP contribution in [-0.4, -0.2) is 39.4 Å². The van der Waals surface area contributed by atoms with Crippen LogP contribution in [0.2, 0.25) is 0 Å². The number of hydrogen-bond donors (Lipinski definition) is 2. The maximum Gasteiger partial charge on any atom is 0.280 e. The lowest BCUT2D eigenvalue weighted by Gasteiger charge is -2.28. The smallest absolute Gasteiger partial charge is 0.280 e. The third kappa shape index (κ3) is 7.41. The van der Waals surface area contributed by atoms with Crippen LogP contribution < -0.4 is 10.9 Å². The fourth-order valence-electron chi connectivity index (χ4n) is 4.33. The summed E-state index contributed by atoms with van der Waals surface area (Å²) in [6.45, 7) is 14.7. The lowest BCUT2D eigenvalue weighted by atomic mass is 9.91. The number of benzene rings is 1. The Hall–Kier alpha value is -3.20. The molecule has 2 unspecified atom stereocenters. The summed E-state index contributed by atoms with van der Waals surface area (Å²) >= 11 is 1.61. The molecule has 0 aliphatic carbocycles. The van der Waals surface area contributed by atoms with Crippen molar-refractivity contribution in [2.24, 2.45) is 5.92 Å². The number of thiazole rings is 1. The molecule has 2 atom stereocenters. The molecule has 1 aliphatic rings. The molecule has 4 rings (SSSR count).